The van der Waals surface area contributed by atoms with Gasteiger partial charge in [-0.1, -0.05) is 53.6 Å². The van der Waals surface area contributed by atoms with Gasteiger partial charge in [-0.2, -0.15) is 0 Å². The average molecular weight is 325 g/mol. The van der Waals surface area contributed by atoms with Crippen molar-refractivity contribution >= 4 is 17.6 Å². The molecule has 0 atom stereocenters. The van der Waals surface area contributed by atoms with E-state index < -0.39 is 5.97 Å². The molecule has 0 saturated carbocycles. The lowest BCUT2D eigenvalue weighted by atomic mass is 10.0. The van der Waals surface area contributed by atoms with E-state index in [0.29, 0.717) is 16.4 Å². The monoisotopic (exact) mass is 324 g/mol. The highest BCUT2D eigenvalue weighted by molar-refractivity contribution is 6.30. The van der Waals surface area contributed by atoms with E-state index in [2.05, 4.69) is 9.97 Å². The van der Waals surface area contributed by atoms with Crippen molar-refractivity contribution in [2.75, 3.05) is 0 Å². The predicted molar refractivity (Wildman–Crippen MR) is 89.6 cm³/mol. The summed E-state index contributed by atoms with van der Waals surface area (Å²) in [5.41, 5.74) is 3.83. The third kappa shape index (κ3) is 3.22. The van der Waals surface area contributed by atoms with Gasteiger partial charge in [-0.05, 0) is 19.1 Å². The Hall–Kier alpha value is -2.72. The van der Waals surface area contributed by atoms with Gasteiger partial charge in [-0.3, -0.25) is 4.98 Å². The normalized spacial score (nSPS) is 10.5. The summed E-state index contributed by atoms with van der Waals surface area (Å²) >= 11 is 5.93. The minimum Gasteiger partial charge on any atom is -0.476 e. The summed E-state index contributed by atoms with van der Waals surface area (Å²) < 4.78 is 0. The molecule has 0 aliphatic heterocycles. The van der Waals surface area contributed by atoms with Gasteiger partial charge < -0.3 is 5.11 Å². The topological polar surface area (TPSA) is 63.1 Å². The quantitative estimate of drug-likeness (QED) is 0.772. The Kier molecular flexibility index (Phi) is 4.08. The summed E-state index contributed by atoms with van der Waals surface area (Å²) in [5, 5.41) is 9.80. The maximum Gasteiger partial charge on any atom is 0.356 e. The fourth-order valence-corrected chi connectivity index (χ4v) is 2.35. The Morgan fingerprint density at radius 1 is 0.957 bits per heavy atom. The zero-order valence-corrected chi connectivity index (χ0v) is 13.1. The summed E-state index contributed by atoms with van der Waals surface area (Å²) in [5.74, 6) is -1.10. The van der Waals surface area contributed by atoms with Gasteiger partial charge in [0.05, 0.1) is 17.6 Å². The molecule has 0 unspecified atom stereocenters. The van der Waals surface area contributed by atoms with Crippen molar-refractivity contribution in [2.45, 2.75) is 6.92 Å². The van der Waals surface area contributed by atoms with E-state index in [0.717, 1.165) is 16.7 Å². The molecule has 3 rings (SSSR count). The van der Waals surface area contributed by atoms with E-state index in [1.165, 1.54) is 6.20 Å². The Morgan fingerprint density at radius 2 is 1.52 bits per heavy atom. The van der Waals surface area contributed by atoms with Gasteiger partial charge in [0.15, 0.2) is 5.69 Å². The number of carboxylic acid groups (broad SMARTS) is 1. The molecule has 1 aromatic heterocycles. The molecule has 0 amide bonds. The summed E-state index contributed by atoms with van der Waals surface area (Å²) in [6.45, 7) is 1.99. The molecule has 0 radical (unpaired) electrons. The van der Waals surface area contributed by atoms with Crippen LogP contribution in [0, 0.1) is 6.92 Å². The number of carbonyl (C=O) groups is 1. The zero-order chi connectivity index (χ0) is 16.4. The van der Waals surface area contributed by atoms with Gasteiger partial charge in [0.2, 0.25) is 0 Å². The molecule has 114 valence electrons. The first-order valence-electron chi connectivity index (χ1n) is 6.98. The lowest BCUT2D eigenvalue weighted by molar-refractivity contribution is 0.0690. The third-order valence-electron chi connectivity index (χ3n) is 3.43. The fourth-order valence-electron chi connectivity index (χ4n) is 2.22. The van der Waals surface area contributed by atoms with Crippen molar-refractivity contribution in [1.29, 1.82) is 0 Å². The van der Waals surface area contributed by atoms with E-state index >= 15 is 0 Å². The minimum absolute atomic E-state index is 0.0849. The van der Waals surface area contributed by atoms with Crippen LogP contribution in [0.15, 0.2) is 54.7 Å². The molecule has 0 bridgehead atoms. The highest BCUT2D eigenvalue weighted by atomic mass is 35.5. The van der Waals surface area contributed by atoms with Crippen LogP contribution in [0.4, 0.5) is 0 Å². The molecule has 3 aromatic rings. The molecular formula is C18H13ClN2O2. The number of halogens is 1. The molecule has 23 heavy (non-hydrogen) atoms. The number of aromatic carboxylic acids is 1. The van der Waals surface area contributed by atoms with E-state index in [4.69, 9.17) is 11.6 Å². The average Bonchev–Trinajstić information content (AvgIpc) is 2.56. The largest absolute Gasteiger partial charge is 0.476 e. The van der Waals surface area contributed by atoms with Crippen molar-refractivity contribution < 1.29 is 9.90 Å². The maximum atomic E-state index is 11.2. The first kappa shape index (κ1) is 15.2. The minimum atomic E-state index is -1.10. The van der Waals surface area contributed by atoms with Crippen LogP contribution in [-0.2, 0) is 0 Å². The van der Waals surface area contributed by atoms with Gasteiger partial charge in [-0.15, -0.1) is 0 Å². The summed E-state index contributed by atoms with van der Waals surface area (Å²) in [7, 11) is 0. The van der Waals surface area contributed by atoms with Crippen LogP contribution in [-0.4, -0.2) is 21.0 Å². The first-order valence-corrected chi connectivity index (χ1v) is 7.36. The van der Waals surface area contributed by atoms with Crippen LogP contribution in [0.1, 0.15) is 16.1 Å². The Labute approximate surface area is 138 Å². The van der Waals surface area contributed by atoms with Crippen LogP contribution >= 0.6 is 11.6 Å². The van der Waals surface area contributed by atoms with Crippen molar-refractivity contribution in [2.24, 2.45) is 0 Å². The highest BCUT2D eigenvalue weighted by Crippen LogP contribution is 2.29. The fraction of sp³-hybridized carbons (Fsp3) is 0.0556. The number of aryl methyl sites for hydroxylation is 1. The van der Waals surface area contributed by atoms with Crippen LogP contribution in [0.25, 0.3) is 22.5 Å². The number of nitrogens with zero attached hydrogens (tertiary/aromatic N) is 2. The van der Waals surface area contributed by atoms with Crippen molar-refractivity contribution in [3.63, 3.8) is 0 Å². The van der Waals surface area contributed by atoms with Gasteiger partial charge in [-0.25, -0.2) is 9.78 Å². The first-order chi connectivity index (χ1) is 11.0. The van der Waals surface area contributed by atoms with Crippen LogP contribution in [0.3, 0.4) is 0 Å². The van der Waals surface area contributed by atoms with Gasteiger partial charge in [0.25, 0.3) is 0 Å². The Balaban J connectivity index is 2.20. The number of benzene rings is 2. The number of rotatable bonds is 3. The van der Waals surface area contributed by atoms with Crippen LogP contribution in [0.2, 0.25) is 5.02 Å². The number of carboxylic acids is 1. The molecular weight excluding hydrogens is 312 g/mol. The number of aromatic nitrogens is 2. The van der Waals surface area contributed by atoms with E-state index in [9.17, 15) is 9.90 Å². The molecule has 5 heteroatoms. The highest BCUT2D eigenvalue weighted by Gasteiger charge is 2.15. The number of hydrogen-bond donors (Lipinski definition) is 1. The SMILES string of the molecule is Cc1ccc(-c2nc(C(=O)O)cnc2-c2ccc(Cl)cc2)cc1. The Bertz CT molecular complexity index is 859. The lowest BCUT2D eigenvalue weighted by Crippen LogP contribution is -2.04. The van der Waals surface area contributed by atoms with Crippen molar-refractivity contribution in [3.8, 4) is 22.5 Å². The lowest BCUT2D eigenvalue weighted by Gasteiger charge is -2.10. The zero-order valence-electron chi connectivity index (χ0n) is 12.3. The van der Waals surface area contributed by atoms with Crippen molar-refractivity contribution in [1.82, 2.24) is 9.97 Å². The van der Waals surface area contributed by atoms with Gasteiger partial charge in [0, 0.05) is 16.1 Å². The second-order valence-corrected chi connectivity index (χ2v) is 5.57. The molecule has 1 N–H and O–H groups in total. The van der Waals surface area contributed by atoms with Crippen molar-refractivity contribution in [3.05, 3.63) is 71.0 Å². The molecule has 0 spiro atoms. The van der Waals surface area contributed by atoms with E-state index in [1.807, 2.05) is 43.3 Å². The van der Waals surface area contributed by atoms with Gasteiger partial charge >= 0.3 is 5.97 Å². The molecule has 0 saturated heterocycles. The molecule has 0 aliphatic carbocycles. The van der Waals surface area contributed by atoms with Crippen LogP contribution in [0.5, 0.6) is 0 Å². The summed E-state index contributed by atoms with van der Waals surface area (Å²) in [6.07, 6.45) is 1.27. The standard InChI is InChI=1S/C18H13ClN2O2/c1-11-2-4-13(5-3-11)17-16(12-6-8-14(19)9-7-12)20-10-15(21-17)18(22)23/h2-10H,1H3,(H,22,23). The second-order valence-electron chi connectivity index (χ2n) is 5.13. The van der Waals surface area contributed by atoms with E-state index in [1.54, 1.807) is 12.1 Å². The summed E-state index contributed by atoms with van der Waals surface area (Å²) in [6, 6.07) is 14.9. The molecule has 0 fully saturated rings. The van der Waals surface area contributed by atoms with Gasteiger partial charge in [0.1, 0.15) is 0 Å². The predicted octanol–water partition coefficient (Wildman–Crippen LogP) is 4.47. The molecule has 4 nitrogen and oxygen atoms in total. The van der Waals surface area contributed by atoms with E-state index in [-0.39, 0.29) is 5.69 Å². The second kappa shape index (κ2) is 6.18. The summed E-state index contributed by atoms with van der Waals surface area (Å²) in [4.78, 5) is 19.8. The molecule has 2 aromatic carbocycles. The third-order valence-corrected chi connectivity index (χ3v) is 3.69. The molecule has 0 aliphatic rings. The Morgan fingerprint density at radius 3 is 2.13 bits per heavy atom. The maximum absolute atomic E-state index is 11.2. The smallest absolute Gasteiger partial charge is 0.356 e. The molecule has 1 heterocycles. The van der Waals surface area contributed by atoms with Crippen LogP contribution < -0.4 is 0 Å². The number of hydrogen-bond acceptors (Lipinski definition) is 3.